The van der Waals surface area contributed by atoms with Crippen molar-refractivity contribution in [2.24, 2.45) is 5.73 Å². The standard InChI is InChI=1S/C14H11ClF3N3O2.C3H7N.C2HF3O2/c15-8-1-4-12(11(5-8)14(16,17)18)21-10-3-2-9(19-7-10)6-20-13(22)23;4-3-1-2-3;3-2(4,5)1(6)7/h1-5,7,20-21H,6H2,(H,22,23);3H,1-2,4H2;(H,6,7). The van der Waals surface area contributed by atoms with Crippen molar-refractivity contribution in [3.05, 3.63) is 52.8 Å². The number of aromatic nitrogens is 1. The number of halogens is 7. The highest BCUT2D eigenvalue weighted by Gasteiger charge is 2.38. The lowest BCUT2D eigenvalue weighted by Crippen LogP contribution is -2.21. The number of nitrogens with two attached hydrogens (primary N) is 1. The van der Waals surface area contributed by atoms with Crippen molar-refractivity contribution in [2.75, 3.05) is 5.32 Å². The molecule has 2 aromatic rings. The van der Waals surface area contributed by atoms with Gasteiger partial charge in [0.15, 0.2) is 0 Å². The van der Waals surface area contributed by atoms with Crippen molar-refractivity contribution in [3.8, 4) is 0 Å². The van der Waals surface area contributed by atoms with Gasteiger partial charge in [-0.1, -0.05) is 11.6 Å². The van der Waals surface area contributed by atoms with Gasteiger partial charge in [0.05, 0.1) is 35.4 Å². The molecule has 6 N–H and O–H groups in total. The van der Waals surface area contributed by atoms with E-state index in [1.165, 1.54) is 43.3 Å². The number of hydrogen-bond acceptors (Lipinski definition) is 5. The number of pyridine rings is 1. The molecule has 34 heavy (non-hydrogen) atoms. The number of alkyl halides is 6. The van der Waals surface area contributed by atoms with E-state index in [-0.39, 0.29) is 17.3 Å². The Labute approximate surface area is 193 Å². The van der Waals surface area contributed by atoms with Crippen molar-refractivity contribution in [2.45, 2.75) is 37.8 Å². The SMILES string of the molecule is NC1CC1.O=C(O)C(F)(F)F.O=C(O)NCc1ccc(Nc2ccc(Cl)cc2C(F)(F)F)cn1. The number of anilines is 2. The molecule has 1 aliphatic carbocycles. The van der Waals surface area contributed by atoms with Gasteiger partial charge in [-0.25, -0.2) is 9.59 Å². The molecule has 1 saturated carbocycles. The summed E-state index contributed by atoms with van der Waals surface area (Å²) in [5.74, 6) is -2.76. The first-order valence-electron chi connectivity index (χ1n) is 9.20. The summed E-state index contributed by atoms with van der Waals surface area (Å²) in [6.45, 7) is 0.00432. The number of aliphatic carboxylic acids is 1. The van der Waals surface area contributed by atoms with Crippen molar-refractivity contribution in [1.29, 1.82) is 0 Å². The molecular formula is C19H19ClF6N4O4. The Balaban J connectivity index is 0.000000431. The van der Waals surface area contributed by atoms with Crippen LogP contribution in [0.2, 0.25) is 5.02 Å². The number of carboxylic acid groups (broad SMARTS) is 2. The first-order valence-corrected chi connectivity index (χ1v) is 9.58. The number of benzene rings is 1. The van der Waals surface area contributed by atoms with Crippen LogP contribution < -0.4 is 16.4 Å². The molecule has 15 heteroatoms. The van der Waals surface area contributed by atoms with Gasteiger partial charge in [-0.2, -0.15) is 26.3 Å². The third-order valence-corrected chi connectivity index (χ3v) is 3.91. The van der Waals surface area contributed by atoms with Crippen molar-refractivity contribution < 1.29 is 46.1 Å². The lowest BCUT2D eigenvalue weighted by atomic mass is 10.1. The summed E-state index contributed by atoms with van der Waals surface area (Å²) in [4.78, 5) is 23.2. The van der Waals surface area contributed by atoms with Crippen LogP contribution in [0.1, 0.15) is 24.1 Å². The third kappa shape index (κ3) is 11.6. The lowest BCUT2D eigenvalue weighted by Gasteiger charge is -2.15. The minimum atomic E-state index is -5.08. The van der Waals surface area contributed by atoms with Gasteiger partial charge >= 0.3 is 24.4 Å². The van der Waals surface area contributed by atoms with E-state index in [9.17, 15) is 31.1 Å². The van der Waals surface area contributed by atoms with Gasteiger partial charge in [-0.3, -0.25) is 4.98 Å². The molecule has 0 unspecified atom stereocenters. The molecule has 0 radical (unpaired) electrons. The number of amides is 1. The van der Waals surface area contributed by atoms with E-state index in [0.29, 0.717) is 17.4 Å². The Bertz CT molecular complexity index is 967. The molecule has 1 aromatic heterocycles. The molecular weight excluding hydrogens is 498 g/mol. The summed E-state index contributed by atoms with van der Waals surface area (Å²) in [5, 5.41) is 20.3. The lowest BCUT2D eigenvalue weighted by molar-refractivity contribution is -0.192. The monoisotopic (exact) mass is 516 g/mol. The van der Waals surface area contributed by atoms with Crippen LogP contribution in [0, 0.1) is 0 Å². The summed E-state index contributed by atoms with van der Waals surface area (Å²) < 4.78 is 70.7. The Morgan fingerprint density at radius 3 is 2.03 bits per heavy atom. The zero-order chi connectivity index (χ0) is 26.1. The maximum atomic E-state index is 13.0. The molecule has 0 saturated heterocycles. The van der Waals surface area contributed by atoms with E-state index >= 15 is 0 Å². The van der Waals surface area contributed by atoms with Gasteiger partial charge in [0, 0.05) is 11.1 Å². The average molecular weight is 517 g/mol. The minimum absolute atomic E-state index is 0.00432. The summed E-state index contributed by atoms with van der Waals surface area (Å²) >= 11 is 5.61. The highest BCUT2D eigenvalue weighted by Crippen LogP contribution is 2.37. The summed E-state index contributed by atoms with van der Waals surface area (Å²) in [5.41, 5.74) is 4.95. The Kier molecular flexibility index (Phi) is 10.4. The van der Waals surface area contributed by atoms with Gasteiger partial charge in [0.1, 0.15) is 0 Å². The van der Waals surface area contributed by atoms with Crippen LogP contribution in [0.4, 0.5) is 42.5 Å². The second-order valence-electron chi connectivity index (χ2n) is 6.65. The number of nitrogens with zero attached hydrogens (tertiary/aromatic N) is 1. The molecule has 188 valence electrons. The smallest absolute Gasteiger partial charge is 0.475 e. The minimum Gasteiger partial charge on any atom is -0.475 e. The largest absolute Gasteiger partial charge is 0.490 e. The summed E-state index contributed by atoms with van der Waals surface area (Å²) in [7, 11) is 0. The quantitative estimate of drug-likeness (QED) is 0.360. The van der Waals surface area contributed by atoms with E-state index in [1.807, 2.05) is 0 Å². The second-order valence-corrected chi connectivity index (χ2v) is 7.09. The number of rotatable bonds is 4. The van der Waals surface area contributed by atoms with Crippen LogP contribution in [0.5, 0.6) is 0 Å². The predicted molar refractivity (Wildman–Crippen MR) is 110 cm³/mol. The van der Waals surface area contributed by atoms with Crippen LogP contribution in [0.3, 0.4) is 0 Å². The predicted octanol–water partition coefficient (Wildman–Crippen LogP) is 5.01. The first kappa shape index (κ1) is 28.8. The van der Waals surface area contributed by atoms with Gasteiger partial charge < -0.3 is 26.6 Å². The van der Waals surface area contributed by atoms with Crippen LogP contribution in [-0.2, 0) is 17.5 Å². The third-order valence-electron chi connectivity index (χ3n) is 3.68. The second kappa shape index (κ2) is 12.3. The number of nitrogens with one attached hydrogen (secondary N) is 2. The van der Waals surface area contributed by atoms with E-state index in [2.05, 4.69) is 15.6 Å². The fourth-order valence-electron chi connectivity index (χ4n) is 1.88. The van der Waals surface area contributed by atoms with Crippen molar-refractivity contribution in [1.82, 2.24) is 10.3 Å². The highest BCUT2D eigenvalue weighted by atomic mass is 35.5. The molecule has 0 atom stereocenters. The number of hydrogen-bond donors (Lipinski definition) is 5. The number of carbonyl (C=O) groups is 2. The Morgan fingerprint density at radius 2 is 1.65 bits per heavy atom. The fraction of sp³-hybridized carbons (Fsp3) is 0.316. The molecule has 1 heterocycles. The molecule has 1 aromatic carbocycles. The van der Waals surface area contributed by atoms with Crippen molar-refractivity contribution >= 4 is 35.0 Å². The number of carboxylic acids is 1. The Morgan fingerprint density at radius 1 is 1.09 bits per heavy atom. The van der Waals surface area contributed by atoms with E-state index < -0.39 is 30.0 Å². The molecule has 1 aliphatic rings. The highest BCUT2D eigenvalue weighted by molar-refractivity contribution is 6.30. The van der Waals surface area contributed by atoms with Crippen LogP contribution in [0.25, 0.3) is 0 Å². The van der Waals surface area contributed by atoms with Gasteiger partial charge in [0.2, 0.25) is 0 Å². The maximum Gasteiger partial charge on any atom is 0.490 e. The summed E-state index contributed by atoms with van der Waals surface area (Å²) in [6, 6.07) is 6.99. The topological polar surface area (TPSA) is 138 Å². The molecule has 3 rings (SSSR count). The van der Waals surface area contributed by atoms with Crippen LogP contribution in [-0.4, -0.2) is 39.5 Å². The molecule has 1 amide bonds. The molecule has 8 nitrogen and oxygen atoms in total. The van der Waals surface area contributed by atoms with Gasteiger partial charge in [0.25, 0.3) is 0 Å². The normalized spacial score (nSPS) is 12.9. The molecule has 0 spiro atoms. The van der Waals surface area contributed by atoms with E-state index in [4.69, 9.17) is 32.3 Å². The van der Waals surface area contributed by atoms with Crippen molar-refractivity contribution in [3.63, 3.8) is 0 Å². The molecule has 1 fully saturated rings. The van der Waals surface area contributed by atoms with E-state index in [0.717, 1.165) is 6.07 Å². The first-order chi connectivity index (χ1) is 15.6. The Hall–Kier alpha value is -3.26. The zero-order valence-electron chi connectivity index (χ0n) is 17.0. The molecule has 0 aliphatic heterocycles. The average Bonchev–Trinajstić information content (AvgIpc) is 3.50. The van der Waals surface area contributed by atoms with E-state index in [1.54, 1.807) is 0 Å². The van der Waals surface area contributed by atoms with Gasteiger partial charge in [-0.15, -0.1) is 0 Å². The zero-order valence-corrected chi connectivity index (χ0v) is 17.8. The fourth-order valence-corrected chi connectivity index (χ4v) is 2.05. The van der Waals surface area contributed by atoms with Crippen LogP contribution >= 0.6 is 11.6 Å². The summed E-state index contributed by atoms with van der Waals surface area (Å²) in [6.07, 6.45) is -6.98. The van der Waals surface area contributed by atoms with Crippen LogP contribution in [0.15, 0.2) is 36.5 Å². The maximum absolute atomic E-state index is 13.0. The van der Waals surface area contributed by atoms with Gasteiger partial charge in [-0.05, 0) is 43.2 Å². The molecule has 0 bridgehead atoms.